The zero-order valence-corrected chi connectivity index (χ0v) is 19.3. The van der Waals surface area contributed by atoms with Crippen LogP contribution in [-0.2, 0) is 9.53 Å². The van der Waals surface area contributed by atoms with Gasteiger partial charge < -0.3 is 9.64 Å². The molecular formula is C25H41N3O2. The molecule has 0 radical (unpaired) electrons. The summed E-state index contributed by atoms with van der Waals surface area (Å²) < 4.78 is 5.25. The number of Topliss-reactive ketones (excluding diaryl/α,β-unsaturated/α-hetero) is 1. The van der Waals surface area contributed by atoms with Crippen LogP contribution in [0.3, 0.4) is 0 Å². The van der Waals surface area contributed by atoms with Crippen molar-refractivity contribution in [1.82, 2.24) is 14.7 Å². The molecule has 2 heterocycles. The van der Waals surface area contributed by atoms with Gasteiger partial charge in [-0.1, -0.05) is 44.2 Å². The van der Waals surface area contributed by atoms with E-state index in [0.717, 1.165) is 78.2 Å². The van der Waals surface area contributed by atoms with Crippen molar-refractivity contribution in [3.63, 3.8) is 0 Å². The van der Waals surface area contributed by atoms with Crippen LogP contribution in [0.4, 0.5) is 0 Å². The summed E-state index contributed by atoms with van der Waals surface area (Å²) in [4.78, 5) is 19.9. The number of benzene rings is 1. The maximum atomic E-state index is 12.1. The van der Waals surface area contributed by atoms with Crippen LogP contribution >= 0.6 is 0 Å². The quantitative estimate of drug-likeness (QED) is 0.586. The van der Waals surface area contributed by atoms with Crippen LogP contribution in [0, 0.1) is 11.8 Å². The highest BCUT2D eigenvalue weighted by atomic mass is 16.5. The first kappa shape index (κ1) is 23.4. The number of carbonyl (C=O) groups excluding carboxylic acids is 1. The van der Waals surface area contributed by atoms with Crippen molar-refractivity contribution in [2.45, 2.75) is 39.2 Å². The first-order valence-electron chi connectivity index (χ1n) is 11.8. The van der Waals surface area contributed by atoms with Crippen molar-refractivity contribution in [2.75, 3.05) is 66.1 Å². The molecule has 2 aliphatic heterocycles. The number of piperazine rings is 1. The lowest BCUT2D eigenvalue weighted by Crippen LogP contribution is -2.51. The molecule has 5 nitrogen and oxygen atoms in total. The Morgan fingerprint density at radius 3 is 2.27 bits per heavy atom. The fraction of sp³-hybridized carbons (Fsp3) is 0.720. The van der Waals surface area contributed by atoms with Crippen LogP contribution in [0.1, 0.15) is 44.7 Å². The highest BCUT2D eigenvalue weighted by Crippen LogP contribution is 2.27. The third-order valence-electron chi connectivity index (χ3n) is 6.92. The van der Waals surface area contributed by atoms with Crippen molar-refractivity contribution in [1.29, 1.82) is 0 Å². The predicted octanol–water partition coefficient (Wildman–Crippen LogP) is 3.32. The summed E-state index contributed by atoms with van der Waals surface area (Å²) >= 11 is 0. The molecule has 168 valence electrons. The van der Waals surface area contributed by atoms with Crippen LogP contribution in [-0.4, -0.2) is 86.6 Å². The number of ether oxygens (including phenoxy) is 1. The third-order valence-corrected chi connectivity index (χ3v) is 6.92. The van der Waals surface area contributed by atoms with E-state index in [-0.39, 0.29) is 5.92 Å². The molecule has 0 bridgehead atoms. The Labute approximate surface area is 183 Å². The van der Waals surface area contributed by atoms with E-state index in [4.69, 9.17) is 4.74 Å². The molecule has 1 atom stereocenters. The third kappa shape index (κ3) is 6.88. The van der Waals surface area contributed by atoms with Crippen molar-refractivity contribution in [3.05, 3.63) is 35.9 Å². The van der Waals surface area contributed by atoms with Crippen molar-refractivity contribution in [2.24, 2.45) is 11.8 Å². The van der Waals surface area contributed by atoms with E-state index >= 15 is 0 Å². The Bertz CT molecular complexity index is 621. The molecule has 2 fully saturated rings. The lowest BCUT2D eigenvalue weighted by atomic mass is 9.88. The number of rotatable bonds is 10. The molecule has 1 aromatic carbocycles. The molecule has 2 saturated heterocycles. The standard InChI is InChI=1S/C25H41N3O2/c1-21(2)25(29)19-22-9-11-27(12-10-22)20-24(23-7-5-4-6-8-23)28-15-13-26(14-16-28)17-18-30-3/h4-8,21-22,24H,9-20H2,1-3H3. The van der Waals surface area contributed by atoms with E-state index in [2.05, 4.69) is 45.0 Å². The van der Waals surface area contributed by atoms with E-state index in [0.29, 0.717) is 17.7 Å². The minimum atomic E-state index is 0.174. The smallest absolute Gasteiger partial charge is 0.135 e. The minimum Gasteiger partial charge on any atom is -0.383 e. The SMILES string of the molecule is COCCN1CCN(C(CN2CCC(CC(=O)C(C)C)CC2)c2ccccc2)CC1. The number of nitrogens with zero attached hydrogens (tertiary/aromatic N) is 3. The van der Waals surface area contributed by atoms with E-state index in [1.807, 2.05) is 13.8 Å². The summed E-state index contributed by atoms with van der Waals surface area (Å²) in [7, 11) is 1.78. The molecular weight excluding hydrogens is 374 g/mol. The molecule has 1 unspecified atom stereocenters. The van der Waals surface area contributed by atoms with Crippen LogP contribution in [0.15, 0.2) is 30.3 Å². The van der Waals surface area contributed by atoms with Gasteiger partial charge in [0.2, 0.25) is 0 Å². The fourth-order valence-corrected chi connectivity index (χ4v) is 4.76. The van der Waals surface area contributed by atoms with E-state index in [9.17, 15) is 4.79 Å². The largest absolute Gasteiger partial charge is 0.383 e. The Balaban J connectivity index is 1.55. The number of carbonyl (C=O) groups is 1. The summed E-state index contributed by atoms with van der Waals surface area (Å²) in [6, 6.07) is 11.5. The minimum absolute atomic E-state index is 0.174. The monoisotopic (exact) mass is 415 g/mol. The van der Waals surface area contributed by atoms with E-state index < -0.39 is 0 Å². The second kappa shape index (κ2) is 11.9. The van der Waals surface area contributed by atoms with Gasteiger partial charge in [-0.05, 0) is 37.4 Å². The Morgan fingerprint density at radius 2 is 1.67 bits per heavy atom. The van der Waals surface area contributed by atoms with Gasteiger partial charge in [0, 0.05) is 64.8 Å². The molecule has 3 rings (SSSR count). The number of hydrogen-bond donors (Lipinski definition) is 0. The molecule has 2 aliphatic rings. The molecule has 0 saturated carbocycles. The molecule has 5 heteroatoms. The van der Waals surface area contributed by atoms with E-state index in [1.54, 1.807) is 7.11 Å². The molecule has 0 aliphatic carbocycles. The number of ketones is 1. The lowest BCUT2D eigenvalue weighted by molar-refractivity contribution is -0.123. The van der Waals surface area contributed by atoms with Gasteiger partial charge in [-0.3, -0.25) is 14.6 Å². The molecule has 0 N–H and O–H groups in total. The fourth-order valence-electron chi connectivity index (χ4n) is 4.76. The normalized spacial score (nSPS) is 21.2. The first-order chi connectivity index (χ1) is 14.6. The molecule has 30 heavy (non-hydrogen) atoms. The summed E-state index contributed by atoms with van der Waals surface area (Å²) in [5.41, 5.74) is 1.43. The second-order valence-electron chi connectivity index (χ2n) is 9.37. The Kier molecular flexibility index (Phi) is 9.31. The summed E-state index contributed by atoms with van der Waals surface area (Å²) in [6.45, 7) is 13.7. The average molecular weight is 416 g/mol. The van der Waals surface area contributed by atoms with Gasteiger partial charge in [0.25, 0.3) is 0 Å². The van der Waals surface area contributed by atoms with Gasteiger partial charge in [0.1, 0.15) is 5.78 Å². The second-order valence-corrected chi connectivity index (χ2v) is 9.37. The topological polar surface area (TPSA) is 36.0 Å². The molecule has 0 amide bonds. The lowest BCUT2D eigenvalue weighted by Gasteiger charge is -2.42. The first-order valence-corrected chi connectivity index (χ1v) is 11.8. The maximum Gasteiger partial charge on any atom is 0.135 e. The summed E-state index contributed by atoms with van der Waals surface area (Å²) in [5.74, 6) is 1.19. The van der Waals surface area contributed by atoms with E-state index in [1.165, 1.54) is 5.56 Å². The number of methoxy groups -OCH3 is 1. The van der Waals surface area contributed by atoms with Crippen molar-refractivity contribution >= 4 is 5.78 Å². The maximum absolute atomic E-state index is 12.1. The number of piperidine rings is 1. The Morgan fingerprint density at radius 1 is 1.00 bits per heavy atom. The highest BCUT2D eigenvalue weighted by Gasteiger charge is 2.29. The highest BCUT2D eigenvalue weighted by molar-refractivity contribution is 5.80. The van der Waals surface area contributed by atoms with Gasteiger partial charge in [-0.15, -0.1) is 0 Å². The number of likely N-dealkylation sites (tertiary alicyclic amines) is 1. The molecule has 0 spiro atoms. The van der Waals surface area contributed by atoms with Crippen LogP contribution in [0.2, 0.25) is 0 Å². The van der Waals surface area contributed by atoms with Crippen LogP contribution in [0.5, 0.6) is 0 Å². The summed E-state index contributed by atoms with van der Waals surface area (Å²) in [5, 5.41) is 0. The zero-order chi connectivity index (χ0) is 21.3. The van der Waals surface area contributed by atoms with Gasteiger partial charge in [0.05, 0.1) is 6.61 Å². The van der Waals surface area contributed by atoms with Gasteiger partial charge in [-0.2, -0.15) is 0 Å². The van der Waals surface area contributed by atoms with Gasteiger partial charge in [-0.25, -0.2) is 0 Å². The summed E-state index contributed by atoms with van der Waals surface area (Å²) in [6.07, 6.45) is 3.09. The number of hydrogen-bond acceptors (Lipinski definition) is 5. The average Bonchev–Trinajstić information content (AvgIpc) is 2.78. The van der Waals surface area contributed by atoms with Crippen molar-refractivity contribution < 1.29 is 9.53 Å². The van der Waals surface area contributed by atoms with Crippen LogP contribution in [0.25, 0.3) is 0 Å². The molecule has 0 aromatic heterocycles. The Hall–Kier alpha value is -1.27. The van der Waals surface area contributed by atoms with Gasteiger partial charge >= 0.3 is 0 Å². The molecule has 1 aromatic rings. The van der Waals surface area contributed by atoms with Crippen molar-refractivity contribution in [3.8, 4) is 0 Å². The van der Waals surface area contributed by atoms with Gasteiger partial charge in [0.15, 0.2) is 0 Å². The van der Waals surface area contributed by atoms with Crippen LogP contribution < -0.4 is 0 Å². The zero-order valence-electron chi connectivity index (χ0n) is 19.3. The predicted molar refractivity (Wildman–Crippen MR) is 123 cm³/mol.